The summed E-state index contributed by atoms with van der Waals surface area (Å²) >= 11 is 0. The van der Waals surface area contributed by atoms with Crippen molar-refractivity contribution in [1.29, 1.82) is 0 Å². The molecule has 0 saturated heterocycles. The minimum Gasteiger partial charge on any atom is -0.383 e. The van der Waals surface area contributed by atoms with Crippen LogP contribution in [-0.2, 0) is 16.0 Å². The highest BCUT2D eigenvalue weighted by Gasteiger charge is 2.04. The number of rotatable bonds is 9. The molecule has 0 amide bonds. The summed E-state index contributed by atoms with van der Waals surface area (Å²) in [5.41, 5.74) is 1.01. The molecule has 1 aromatic heterocycles. The molecule has 0 saturated carbocycles. The third-order valence-electron chi connectivity index (χ3n) is 2.41. The molecular weight excluding hydrogens is 230 g/mol. The number of aromatic nitrogens is 2. The second kappa shape index (κ2) is 8.11. The van der Waals surface area contributed by atoms with Gasteiger partial charge in [0, 0.05) is 33.0 Å². The zero-order valence-corrected chi connectivity index (χ0v) is 11.9. The van der Waals surface area contributed by atoms with Crippen molar-refractivity contribution >= 4 is 5.95 Å². The van der Waals surface area contributed by atoms with E-state index >= 15 is 0 Å². The van der Waals surface area contributed by atoms with Crippen molar-refractivity contribution in [2.45, 2.75) is 27.3 Å². The van der Waals surface area contributed by atoms with E-state index in [1.165, 1.54) is 0 Å². The number of imidazole rings is 1. The lowest BCUT2D eigenvalue weighted by atomic mass is 10.2. The van der Waals surface area contributed by atoms with Crippen LogP contribution in [0.3, 0.4) is 0 Å². The van der Waals surface area contributed by atoms with Gasteiger partial charge in [0.2, 0.25) is 5.95 Å². The lowest BCUT2D eigenvalue weighted by Crippen LogP contribution is -2.14. The first-order valence-electron chi connectivity index (χ1n) is 6.47. The van der Waals surface area contributed by atoms with Gasteiger partial charge in [-0.2, -0.15) is 0 Å². The van der Waals surface area contributed by atoms with Gasteiger partial charge in [0.05, 0.1) is 18.9 Å². The van der Waals surface area contributed by atoms with Gasteiger partial charge in [-0.05, 0) is 12.8 Å². The molecule has 0 fully saturated rings. The summed E-state index contributed by atoms with van der Waals surface area (Å²) in [6.07, 6.45) is 2.04. The second-order valence-corrected chi connectivity index (χ2v) is 4.79. The summed E-state index contributed by atoms with van der Waals surface area (Å²) in [6.45, 7) is 10.1. The third kappa shape index (κ3) is 5.51. The number of ether oxygens (including phenoxy) is 2. The molecular formula is C13H25N3O2. The van der Waals surface area contributed by atoms with Gasteiger partial charge in [0.15, 0.2) is 0 Å². The molecule has 0 aromatic carbocycles. The van der Waals surface area contributed by atoms with Gasteiger partial charge in [0.1, 0.15) is 0 Å². The molecule has 0 radical (unpaired) electrons. The second-order valence-electron chi connectivity index (χ2n) is 4.79. The highest BCUT2D eigenvalue weighted by molar-refractivity contribution is 5.28. The first-order valence-corrected chi connectivity index (χ1v) is 6.47. The van der Waals surface area contributed by atoms with Gasteiger partial charge in [-0.25, -0.2) is 4.98 Å². The highest BCUT2D eigenvalue weighted by atomic mass is 16.5. The van der Waals surface area contributed by atoms with Crippen LogP contribution in [0, 0.1) is 12.8 Å². The van der Waals surface area contributed by atoms with Gasteiger partial charge in [-0.1, -0.05) is 13.8 Å². The molecule has 0 atom stereocenters. The fourth-order valence-electron chi connectivity index (χ4n) is 1.61. The van der Waals surface area contributed by atoms with E-state index in [4.69, 9.17) is 9.47 Å². The van der Waals surface area contributed by atoms with Crippen molar-refractivity contribution in [3.63, 3.8) is 0 Å². The molecule has 104 valence electrons. The van der Waals surface area contributed by atoms with Crippen molar-refractivity contribution in [3.05, 3.63) is 11.9 Å². The van der Waals surface area contributed by atoms with Gasteiger partial charge in [-0.3, -0.25) is 0 Å². The Hall–Kier alpha value is -1.07. The molecule has 5 nitrogen and oxygen atoms in total. The van der Waals surface area contributed by atoms with Crippen molar-refractivity contribution in [3.8, 4) is 0 Å². The lowest BCUT2D eigenvalue weighted by Gasteiger charge is -2.10. The van der Waals surface area contributed by atoms with Crippen molar-refractivity contribution in [2.75, 3.05) is 38.8 Å². The Labute approximate surface area is 109 Å². The lowest BCUT2D eigenvalue weighted by molar-refractivity contribution is 0.103. The molecule has 1 N–H and O–H groups in total. The Morgan fingerprint density at radius 2 is 2.17 bits per heavy atom. The van der Waals surface area contributed by atoms with Gasteiger partial charge < -0.3 is 19.4 Å². The molecule has 0 aliphatic rings. The average Bonchev–Trinajstić information content (AvgIpc) is 2.65. The Balaban J connectivity index is 2.38. The average molecular weight is 255 g/mol. The van der Waals surface area contributed by atoms with Crippen LogP contribution in [0.1, 0.15) is 19.5 Å². The van der Waals surface area contributed by atoms with E-state index in [0.29, 0.717) is 19.1 Å². The van der Waals surface area contributed by atoms with E-state index in [-0.39, 0.29) is 0 Å². The molecule has 0 bridgehead atoms. The van der Waals surface area contributed by atoms with Crippen LogP contribution < -0.4 is 5.32 Å². The van der Waals surface area contributed by atoms with Crippen molar-refractivity contribution in [1.82, 2.24) is 9.55 Å². The SMILES string of the molecule is COCCNc1nc(C)cn1CCOCC(C)C. The van der Waals surface area contributed by atoms with E-state index in [1.807, 2.05) is 13.1 Å². The molecule has 0 spiro atoms. The zero-order valence-electron chi connectivity index (χ0n) is 11.9. The van der Waals surface area contributed by atoms with E-state index in [2.05, 4.69) is 28.7 Å². The Bertz CT molecular complexity index is 337. The van der Waals surface area contributed by atoms with Crippen LogP contribution in [-0.4, -0.2) is 43.0 Å². The maximum atomic E-state index is 5.59. The molecule has 1 rings (SSSR count). The number of nitrogens with zero attached hydrogens (tertiary/aromatic N) is 2. The monoisotopic (exact) mass is 255 g/mol. The normalized spacial score (nSPS) is 11.2. The standard InChI is InChI=1S/C13H25N3O2/c1-11(2)10-18-8-6-16-9-12(3)15-13(16)14-5-7-17-4/h9,11H,5-8,10H2,1-4H3,(H,14,15). The first kappa shape index (κ1) is 15.0. The van der Waals surface area contributed by atoms with Gasteiger partial charge in [-0.15, -0.1) is 0 Å². The van der Waals surface area contributed by atoms with Gasteiger partial charge in [0.25, 0.3) is 0 Å². The number of hydrogen-bond donors (Lipinski definition) is 1. The van der Waals surface area contributed by atoms with Crippen molar-refractivity contribution in [2.24, 2.45) is 5.92 Å². The molecule has 18 heavy (non-hydrogen) atoms. The molecule has 0 unspecified atom stereocenters. The number of anilines is 1. The Morgan fingerprint density at radius 1 is 1.39 bits per heavy atom. The Morgan fingerprint density at radius 3 is 2.83 bits per heavy atom. The van der Waals surface area contributed by atoms with Crippen LogP contribution in [0.15, 0.2) is 6.20 Å². The molecule has 0 aliphatic carbocycles. The predicted octanol–water partition coefficient (Wildman–Crippen LogP) is 1.92. The van der Waals surface area contributed by atoms with Crippen LogP contribution in [0.5, 0.6) is 0 Å². The highest BCUT2D eigenvalue weighted by Crippen LogP contribution is 2.08. The van der Waals surface area contributed by atoms with Gasteiger partial charge >= 0.3 is 0 Å². The minimum absolute atomic E-state index is 0.578. The van der Waals surface area contributed by atoms with Crippen LogP contribution in [0.4, 0.5) is 5.95 Å². The van der Waals surface area contributed by atoms with E-state index in [9.17, 15) is 0 Å². The fourth-order valence-corrected chi connectivity index (χ4v) is 1.61. The molecule has 0 aliphatic heterocycles. The van der Waals surface area contributed by atoms with Crippen molar-refractivity contribution < 1.29 is 9.47 Å². The quantitative estimate of drug-likeness (QED) is 0.685. The Kier molecular flexibility index (Phi) is 6.75. The summed E-state index contributed by atoms with van der Waals surface area (Å²) in [4.78, 5) is 4.44. The smallest absolute Gasteiger partial charge is 0.203 e. The third-order valence-corrected chi connectivity index (χ3v) is 2.41. The molecule has 1 heterocycles. The first-order chi connectivity index (χ1) is 8.63. The number of nitrogens with one attached hydrogen (secondary N) is 1. The zero-order chi connectivity index (χ0) is 13.4. The maximum absolute atomic E-state index is 5.59. The largest absolute Gasteiger partial charge is 0.383 e. The summed E-state index contributed by atoms with van der Waals surface area (Å²) in [5, 5.41) is 3.26. The van der Waals surface area contributed by atoms with E-state index in [1.54, 1.807) is 7.11 Å². The van der Waals surface area contributed by atoms with E-state index < -0.39 is 0 Å². The summed E-state index contributed by atoms with van der Waals surface area (Å²) in [6, 6.07) is 0. The number of hydrogen-bond acceptors (Lipinski definition) is 4. The topological polar surface area (TPSA) is 48.3 Å². The maximum Gasteiger partial charge on any atom is 0.203 e. The van der Waals surface area contributed by atoms with Crippen LogP contribution >= 0.6 is 0 Å². The predicted molar refractivity (Wildman–Crippen MR) is 73.0 cm³/mol. The molecule has 5 heteroatoms. The van der Waals surface area contributed by atoms with Crippen LogP contribution in [0.2, 0.25) is 0 Å². The number of methoxy groups -OCH3 is 1. The summed E-state index contributed by atoms with van der Waals surface area (Å²) < 4.78 is 12.7. The molecule has 1 aromatic rings. The minimum atomic E-state index is 0.578. The van der Waals surface area contributed by atoms with Crippen LogP contribution in [0.25, 0.3) is 0 Å². The number of aryl methyl sites for hydroxylation is 1. The van der Waals surface area contributed by atoms with E-state index in [0.717, 1.165) is 31.3 Å². The summed E-state index contributed by atoms with van der Waals surface area (Å²) in [5.74, 6) is 1.46. The summed E-state index contributed by atoms with van der Waals surface area (Å²) in [7, 11) is 1.69. The fraction of sp³-hybridized carbons (Fsp3) is 0.769.